The van der Waals surface area contributed by atoms with E-state index < -0.39 is 0 Å². The summed E-state index contributed by atoms with van der Waals surface area (Å²) >= 11 is 0. The van der Waals surface area contributed by atoms with Gasteiger partial charge in [0.2, 0.25) is 5.95 Å². The van der Waals surface area contributed by atoms with E-state index >= 15 is 0 Å². The van der Waals surface area contributed by atoms with Gasteiger partial charge in [0.1, 0.15) is 0 Å². The van der Waals surface area contributed by atoms with Crippen molar-refractivity contribution in [3.63, 3.8) is 0 Å². The number of nitrogens with zero attached hydrogens (tertiary/aromatic N) is 2. The summed E-state index contributed by atoms with van der Waals surface area (Å²) in [4.78, 5) is 4.71. The topological polar surface area (TPSA) is 29.9 Å². The van der Waals surface area contributed by atoms with Crippen molar-refractivity contribution in [2.45, 2.75) is 45.1 Å². The van der Waals surface area contributed by atoms with Gasteiger partial charge in [0.05, 0.1) is 11.0 Å². The van der Waals surface area contributed by atoms with Gasteiger partial charge in [-0.15, -0.1) is 0 Å². The molecule has 3 heteroatoms. The van der Waals surface area contributed by atoms with Gasteiger partial charge < -0.3 is 9.88 Å². The molecule has 0 amide bonds. The summed E-state index contributed by atoms with van der Waals surface area (Å²) in [5, 5.41) is 3.65. The van der Waals surface area contributed by atoms with Crippen LogP contribution in [0, 0.1) is 5.92 Å². The van der Waals surface area contributed by atoms with Gasteiger partial charge in [0.25, 0.3) is 0 Å². The van der Waals surface area contributed by atoms with E-state index in [0.717, 1.165) is 17.4 Å². The zero-order valence-corrected chi connectivity index (χ0v) is 11.9. The van der Waals surface area contributed by atoms with Crippen molar-refractivity contribution in [3.05, 3.63) is 24.3 Å². The molecule has 1 aromatic carbocycles. The van der Waals surface area contributed by atoms with E-state index in [1.165, 1.54) is 37.6 Å². The van der Waals surface area contributed by atoms with Gasteiger partial charge in [-0.3, -0.25) is 0 Å². The largest absolute Gasteiger partial charge is 0.353 e. The van der Waals surface area contributed by atoms with Crippen LogP contribution in [0.15, 0.2) is 24.3 Å². The monoisotopic (exact) mass is 257 g/mol. The van der Waals surface area contributed by atoms with Gasteiger partial charge in [-0.2, -0.15) is 0 Å². The van der Waals surface area contributed by atoms with Crippen LogP contribution in [0.4, 0.5) is 5.95 Å². The Morgan fingerprint density at radius 3 is 2.84 bits per heavy atom. The molecule has 2 aromatic rings. The van der Waals surface area contributed by atoms with Crippen LogP contribution in [0.3, 0.4) is 0 Å². The Bertz CT molecular complexity index is 558. The average Bonchev–Trinajstić information content (AvgIpc) is 2.58. The molecule has 102 valence electrons. The molecule has 3 nitrogen and oxygen atoms in total. The summed E-state index contributed by atoms with van der Waals surface area (Å²) in [6.45, 7) is 2.37. The number of anilines is 1. The van der Waals surface area contributed by atoms with Crippen molar-refractivity contribution in [1.82, 2.24) is 9.55 Å². The van der Waals surface area contributed by atoms with E-state index in [4.69, 9.17) is 4.98 Å². The molecule has 1 heterocycles. The summed E-state index contributed by atoms with van der Waals surface area (Å²) < 4.78 is 2.17. The Labute approximate surface area is 115 Å². The van der Waals surface area contributed by atoms with Crippen molar-refractivity contribution >= 4 is 17.0 Å². The molecule has 3 rings (SSSR count). The first-order valence-electron chi connectivity index (χ1n) is 7.42. The number of aromatic nitrogens is 2. The quantitative estimate of drug-likeness (QED) is 0.825. The molecule has 1 fully saturated rings. The Kier molecular flexibility index (Phi) is 3.45. The van der Waals surface area contributed by atoms with Crippen LogP contribution in [0.25, 0.3) is 11.0 Å². The highest BCUT2D eigenvalue weighted by molar-refractivity contribution is 5.78. The van der Waals surface area contributed by atoms with E-state index in [2.05, 4.69) is 42.1 Å². The van der Waals surface area contributed by atoms with Crippen LogP contribution in [-0.4, -0.2) is 15.6 Å². The second kappa shape index (κ2) is 5.24. The fourth-order valence-corrected chi connectivity index (χ4v) is 3.09. The predicted octanol–water partition coefficient (Wildman–Crippen LogP) is 3.95. The molecule has 1 aromatic heterocycles. The van der Waals surface area contributed by atoms with E-state index in [1.807, 2.05) is 6.07 Å². The fraction of sp³-hybridized carbons (Fsp3) is 0.562. The van der Waals surface area contributed by atoms with Crippen molar-refractivity contribution in [2.24, 2.45) is 13.0 Å². The maximum atomic E-state index is 4.71. The lowest BCUT2D eigenvalue weighted by molar-refractivity contribution is 0.501. The average molecular weight is 257 g/mol. The third kappa shape index (κ3) is 2.60. The third-order valence-corrected chi connectivity index (χ3v) is 4.38. The molecular weight excluding hydrogens is 234 g/mol. The van der Waals surface area contributed by atoms with Gasteiger partial charge in [-0.1, -0.05) is 31.9 Å². The molecule has 1 aliphatic carbocycles. The molecule has 1 N–H and O–H groups in total. The zero-order chi connectivity index (χ0) is 13.2. The van der Waals surface area contributed by atoms with Gasteiger partial charge in [0, 0.05) is 13.1 Å². The van der Waals surface area contributed by atoms with Crippen molar-refractivity contribution in [2.75, 3.05) is 5.32 Å². The number of nitrogens with one attached hydrogen (secondary N) is 1. The van der Waals surface area contributed by atoms with Gasteiger partial charge in [-0.25, -0.2) is 4.98 Å². The normalized spacial score (nSPS) is 24.3. The lowest BCUT2D eigenvalue weighted by Crippen LogP contribution is -2.20. The van der Waals surface area contributed by atoms with Crippen molar-refractivity contribution in [1.29, 1.82) is 0 Å². The molecule has 0 saturated heterocycles. The summed E-state index contributed by atoms with van der Waals surface area (Å²) in [6, 6.07) is 8.91. The standard InChI is InChI=1S/C16H23N3/c1-12-6-5-7-13(11-10-12)17-16-18-14-8-3-4-9-15(14)19(16)2/h3-4,8-9,12-13H,5-7,10-11H2,1-2H3,(H,17,18). The molecule has 0 spiro atoms. The maximum Gasteiger partial charge on any atom is 0.203 e. The molecule has 0 radical (unpaired) electrons. The second-order valence-electron chi connectivity index (χ2n) is 5.94. The minimum atomic E-state index is 0.584. The summed E-state index contributed by atoms with van der Waals surface area (Å²) in [5.74, 6) is 1.90. The fourth-order valence-electron chi connectivity index (χ4n) is 3.09. The van der Waals surface area contributed by atoms with Crippen LogP contribution < -0.4 is 5.32 Å². The smallest absolute Gasteiger partial charge is 0.203 e. The molecule has 2 atom stereocenters. The van der Waals surface area contributed by atoms with E-state index in [0.29, 0.717) is 6.04 Å². The summed E-state index contributed by atoms with van der Waals surface area (Å²) in [6.07, 6.45) is 6.59. The van der Waals surface area contributed by atoms with Crippen LogP contribution >= 0.6 is 0 Å². The maximum absolute atomic E-state index is 4.71. The first-order chi connectivity index (χ1) is 9.24. The lowest BCUT2D eigenvalue weighted by Gasteiger charge is -2.17. The molecular formula is C16H23N3. The van der Waals surface area contributed by atoms with E-state index in [9.17, 15) is 0 Å². The highest BCUT2D eigenvalue weighted by Gasteiger charge is 2.18. The third-order valence-electron chi connectivity index (χ3n) is 4.38. The van der Waals surface area contributed by atoms with Gasteiger partial charge >= 0.3 is 0 Å². The van der Waals surface area contributed by atoms with E-state index in [1.54, 1.807) is 0 Å². The van der Waals surface area contributed by atoms with Crippen molar-refractivity contribution in [3.8, 4) is 0 Å². The molecule has 19 heavy (non-hydrogen) atoms. The van der Waals surface area contributed by atoms with Gasteiger partial charge in [0.15, 0.2) is 0 Å². The first kappa shape index (κ1) is 12.5. The van der Waals surface area contributed by atoms with Gasteiger partial charge in [-0.05, 0) is 37.3 Å². The number of hydrogen-bond donors (Lipinski definition) is 1. The van der Waals surface area contributed by atoms with Crippen LogP contribution in [0.2, 0.25) is 0 Å². The molecule has 2 unspecified atom stereocenters. The highest BCUT2D eigenvalue weighted by Crippen LogP contribution is 2.26. The summed E-state index contributed by atoms with van der Waals surface area (Å²) in [5.41, 5.74) is 2.28. The number of para-hydroxylation sites is 2. The minimum Gasteiger partial charge on any atom is -0.353 e. The number of rotatable bonds is 2. The number of fused-ring (bicyclic) bond motifs is 1. The molecule has 0 aliphatic heterocycles. The Hall–Kier alpha value is -1.51. The summed E-state index contributed by atoms with van der Waals surface area (Å²) in [7, 11) is 2.09. The van der Waals surface area contributed by atoms with E-state index in [-0.39, 0.29) is 0 Å². The molecule has 1 aliphatic rings. The Balaban J connectivity index is 1.79. The molecule has 0 bridgehead atoms. The number of benzene rings is 1. The Morgan fingerprint density at radius 1 is 1.16 bits per heavy atom. The Morgan fingerprint density at radius 2 is 2.00 bits per heavy atom. The lowest BCUT2D eigenvalue weighted by atomic mass is 10.0. The number of aryl methyl sites for hydroxylation is 1. The minimum absolute atomic E-state index is 0.584. The first-order valence-corrected chi connectivity index (χ1v) is 7.42. The molecule has 1 saturated carbocycles. The van der Waals surface area contributed by atoms with Crippen LogP contribution in [-0.2, 0) is 7.05 Å². The number of hydrogen-bond acceptors (Lipinski definition) is 2. The number of imidazole rings is 1. The van der Waals surface area contributed by atoms with Crippen molar-refractivity contribution < 1.29 is 0 Å². The highest BCUT2D eigenvalue weighted by atomic mass is 15.2. The zero-order valence-electron chi connectivity index (χ0n) is 11.9. The predicted molar refractivity (Wildman–Crippen MR) is 80.4 cm³/mol. The second-order valence-corrected chi connectivity index (χ2v) is 5.94. The van der Waals surface area contributed by atoms with Crippen LogP contribution in [0.5, 0.6) is 0 Å². The SMILES string of the molecule is CC1CCCC(Nc2nc3ccccc3n2C)CC1. The van der Waals surface area contributed by atoms with Crippen LogP contribution in [0.1, 0.15) is 39.0 Å².